The number of halogens is 2. The Morgan fingerprint density at radius 1 is 1.24 bits per heavy atom. The van der Waals surface area contributed by atoms with Gasteiger partial charge in [-0.2, -0.15) is 0 Å². The van der Waals surface area contributed by atoms with Crippen LogP contribution < -0.4 is 5.32 Å². The minimum atomic E-state index is -2.87. The number of benzene rings is 1. The average molecular weight is 385 g/mol. The fourth-order valence-electron chi connectivity index (χ4n) is 1.42. The van der Waals surface area contributed by atoms with Crippen LogP contribution in [0.5, 0.6) is 0 Å². The van der Waals surface area contributed by atoms with Crippen molar-refractivity contribution in [2.45, 2.75) is 13.3 Å². The van der Waals surface area contributed by atoms with Gasteiger partial charge in [0.25, 0.3) is 0 Å². The predicted octanol–water partition coefficient (Wildman–Crippen LogP) is 3.37. The molecular formula is C11H15Br2NO2S. The van der Waals surface area contributed by atoms with E-state index in [-0.39, 0.29) is 5.75 Å². The van der Waals surface area contributed by atoms with Crippen LogP contribution in [-0.4, -0.2) is 27.0 Å². The van der Waals surface area contributed by atoms with Crippen molar-refractivity contribution in [3.05, 3.63) is 26.6 Å². The minimum absolute atomic E-state index is 0.209. The summed E-state index contributed by atoms with van der Waals surface area (Å²) in [5, 5.41) is 3.22. The van der Waals surface area contributed by atoms with E-state index in [1.165, 1.54) is 6.26 Å². The normalized spacial score (nSPS) is 11.5. The lowest BCUT2D eigenvalue weighted by Crippen LogP contribution is -2.10. The van der Waals surface area contributed by atoms with E-state index in [0.717, 1.165) is 20.2 Å². The summed E-state index contributed by atoms with van der Waals surface area (Å²) < 4.78 is 23.9. The molecule has 0 spiro atoms. The molecule has 0 saturated heterocycles. The second kappa shape index (κ2) is 6.20. The molecule has 0 aliphatic carbocycles. The van der Waals surface area contributed by atoms with Gasteiger partial charge in [-0.25, -0.2) is 8.42 Å². The van der Waals surface area contributed by atoms with Crippen molar-refractivity contribution in [2.24, 2.45) is 0 Å². The van der Waals surface area contributed by atoms with Gasteiger partial charge in [-0.15, -0.1) is 0 Å². The summed E-state index contributed by atoms with van der Waals surface area (Å²) in [6.07, 6.45) is 1.86. The first-order chi connectivity index (χ1) is 7.79. The van der Waals surface area contributed by atoms with E-state index in [1.54, 1.807) is 0 Å². The quantitative estimate of drug-likeness (QED) is 0.791. The van der Waals surface area contributed by atoms with Crippen molar-refractivity contribution in [1.82, 2.24) is 0 Å². The Hall–Kier alpha value is -0.0700. The van der Waals surface area contributed by atoms with Crippen LogP contribution in [0.1, 0.15) is 12.0 Å². The number of hydrogen-bond donors (Lipinski definition) is 1. The smallest absolute Gasteiger partial charge is 0.147 e. The highest BCUT2D eigenvalue weighted by molar-refractivity contribution is 9.11. The van der Waals surface area contributed by atoms with Crippen molar-refractivity contribution in [3.63, 3.8) is 0 Å². The van der Waals surface area contributed by atoms with Gasteiger partial charge in [0.05, 0.1) is 11.4 Å². The highest BCUT2D eigenvalue weighted by Crippen LogP contribution is 2.32. The van der Waals surface area contributed by atoms with Gasteiger partial charge in [0, 0.05) is 21.7 Å². The Morgan fingerprint density at radius 3 is 2.24 bits per heavy atom. The summed E-state index contributed by atoms with van der Waals surface area (Å²) in [7, 11) is -2.87. The van der Waals surface area contributed by atoms with Crippen LogP contribution >= 0.6 is 31.9 Å². The highest BCUT2D eigenvalue weighted by atomic mass is 79.9. The van der Waals surface area contributed by atoms with Gasteiger partial charge >= 0.3 is 0 Å². The molecule has 0 heterocycles. The van der Waals surface area contributed by atoms with E-state index in [4.69, 9.17) is 0 Å². The molecule has 0 fully saturated rings. The van der Waals surface area contributed by atoms with Gasteiger partial charge in [0.15, 0.2) is 0 Å². The van der Waals surface area contributed by atoms with E-state index in [0.29, 0.717) is 13.0 Å². The van der Waals surface area contributed by atoms with Gasteiger partial charge in [0.2, 0.25) is 0 Å². The molecule has 0 aliphatic rings. The molecule has 1 aromatic carbocycles. The number of sulfone groups is 1. The monoisotopic (exact) mass is 383 g/mol. The molecule has 0 unspecified atom stereocenters. The van der Waals surface area contributed by atoms with Crippen LogP contribution in [0.15, 0.2) is 21.1 Å². The summed E-state index contributed by atoms with van der Waals surface area (Å²) >= 11 is 6.96. The van der Waals surface area contributed by atoms with Crippen molar-refractivity contribution in [2.75, 3.05) is 23.9 Å². The molecule has 0 atom stereocenters. The molecule has 0 amide bonds. The maximum Gasteiger partial charge on any atom is 0.147 e. The van der Waals surface area contributed by atoms with Crippen LogP contribution in [0, 0.1) is 6.92 Å². The maximum absolute atomic E-state index is 11.0. The van der Waals surface area contributed by atoms with Crippen LogP contribution in [0.4, 0.5) is 5.69 Å². The summed E-state index contributed by atoms with van der Waals surface area (Å²) in [6.45, 7) is 2.65. The van der Waals surface area contributed by atoms with Crippen LogP contribution in [-0.2, 0) is 9.84 Å². The summed E-state index contributed by atoms with van der Waals surface area (Å²) in [5.41, 5.74) is 2.12. The van der Waals surface area contributed by atoms with Crippen LogP contribution in [0.2, 0.25) is 0 Å². The molecule has 96 valence electrons. The summed E-state index contributed by atoms with van der Waals surface area (Å²) in [4.78, 5) is 0. The maximum atomic E-state index is 11.0. The molecular weight excluding hydrogens is 370 g/mol. The number of anilines is 1. The number of rotatable bonds is 5. The van der Waals surface area contributed by atoms with Gasteiger partial charge in [-0.1, -0.05) is 0 Å². The predicted molar refractivity (Wildman–Crippen MR) is 79.4 cm³/mol. The molecule has 17 heavy (non-hydrogen) atoms. The van der Waals surface area contributed by atoms with E-state index in [9.17, 15) is 8.42 Å². The Balaban J connectivity index is 2.58. The Morgan fingerprint density at radius 2 is 1.76 bits per heavy atom. The minimum Gasteiger partial charge on any atom is -0.383 e. The lowest BCUT2D eigenvalue weighted by molar-refractivity contribution is 0.600. The Labute approximate surface area is 119 Å². The number of nitrogens with one attached hydrogen (secondary N) is 1. The average Bonchev–Trinajstić information content (AvgIpc) is 2.13. The van der Waals surface area contributed by atoms with Crippen molar-refractivity contribution < 1.29 is 8.42 Å². The fourth-order valence-corrected chi connectivity index (χ4v) is 3.78. The number of hydrogen-bond acceptors (Lipinski definition) is 3. The van der Waals surface area contributed by atoms with Gasteiger partial charge in [0.1, 0.15) is 9.84 Å². The van der Waals surface area contributed by atoms with Crippen LogP contribution in [0.3, 0.4) is 0 Å². The number of aryl methyl sites for hydroxylation is 1. The zero-order chi connectivity index (χ0) is 13.1. The molecule has 0 aliphatic heterocycles. The van der Waals surface area contributed by atoms with E-state index < -0.39 is 9.84 Å². The third-order valence-corrected chi connectivity index (χ3v) is 4.46. The van der Waals surface area contributed by atoms with Gasteiger partial charge in [-0.3, -0.25) is 0 Å². The molecule has 1 aromatic rings. The van der Waals surface area contributed by atoms with Gasteiger partial charge < -0.3 is 5.32 Å². The van der Waals surface area contributed by atoms with E-state index in [2.05, 4.69) is 37.2 Å². The molecule has 3 nitrogen and oxygen atoms in total. The molecule has 0 aromatic heterocycles. The van der Waals surface area contributed by atoms with Crippen molar-refractivity contribution in [3.8, 4) is 0 Å². The second-order valence-corrected chi connectivity index (χ2v) is 7.98. The third kappa shape index (κ3) is 5.40. The summed E-state index contributed by atoms with van der Waals surface area (Å²) in [5.74, 6) is 0.209. The fraction of sp³-hybridized carbons (Fsp3) is 0.455. The van der Waals surface area contributed by atoms with Crippen molar-refractivity contribution >= 4 is 47.4 Å². The lowest BCUT2D eigenvalue weighted by Gasteiger charge is -2.11. The summed E-state index contributed by atoms with van der Waals surface area (Å²) in [6, 6.07) is 4.04. The van der Waals surface area contributed by atoms with Crippen molar-refractivity contribution in [1.29, 1.82) is 0 Å². The molecule has 6 heteroatoms. The van der Waals surface area contributed by atoms with E-state index in [1.807, 2.05) is 19.1 Å². The van der Waals surface area contributed by atoms with E-state index >= 15 is 0 Å². The molecule has 0 saturated carbocycles. The first kappa shape index (κ1) is 15.0. The Bertz CT molecular complexity index is 477. The second-order valence-electron chi connectivity index (χ2n) is 4.01. The first-order valence-electron chi connectivity index (χ1n) is 5.17. The SMILES string of the molecule is Cc1cc(Br)c(NCCCS(C)(=O)=O)c(Br)c1. The Kier molecular flexibility index (Phi) is 5.47. The zero-order valence-corrected chi connectivity index (χ0v) is 13.7. The van der Waals surface area contributed by atoms with Gasteiger partial charge in [-0.05, 0) is 62.9 Å². The lowest BCUT2D eigenvalue weighted by atomic mass is 10.2. The first-order valence-corrected chi connectivity index (χ1v) is 8.81. The highest BCUT2D eigenvalue weighted by Gasteiger charge is 2.06. The molecule has 1 rings (SSSR count). The molecule has 0 radical (unpaired) electrons. The topological polar surface area (TPSA) is 46.2 Å². The molecule has 1 N–H and O–H groups in total. The zero-order valence-electron chi connectivity index (χ0n) is 9.76. The molecule has 0 bridgehead atoms. The van der Waals surface area contributed by atoms with Crippen LogP contribution in [0.25, 0.3) is 0 Å². The standard InChI is InChI=1S/C11H15Br2NO2S/c1-8-6-9(12)11(10(13)7-8)14-4-3-5-17(2,15)16/h6-7,14H,3-5H2,1-2H3. The third-order valence-electron chi connectivity index (χ3n) is 2.18. The largest absolute Gasteiger partial charge is 0.383 e.